The first kappa shape index (κ1) is 17.7. The van der Waals surface area contributed by atoms with Crippen molar-refractivity contribution in [1.82, 2.24) is 14.9 Å². The Morgan fingerprint density at radius 2 is 1.69 bits per heavy atom. The quantitative estimate of drug-likeness (QED) is 0.771. The Balaban J connectivity index is 1.49. The van der Waals surface area contributed by atoms with Crippen LogP contribution in [0.25, 0.3) is 0 Å². The number of nitrogens with zero attached hydrogens (tertiary/aromatic N) is 4. The highest BCUT2D eigenvalue weighted by Crippen LogP contribution is 2.12. The van der Waals surface area contributed by atoms with Gasteiger partial charge >= 0.3 is 12.1 Å². The molecule has 0 bridgehead atoms. The number of piperazine rings is 1. The van der Waals surface area contributed by atoms with Crippen molar-refractivity contribution in [2.24, 2.45) is 0 Å². The molecule has 0 atom stereocenters. The monoisotopic (exact) mass is 356 g/mol. The van der Waals surface area contributed by atoms with Gasteiger partial charge in [-0.05, 0) is 5.56 Å². The van der Waals surface area contributed by atoms with Gasteiger partial charge in [0.1, 0.15) is 6.61 Å². The number of amides is 1. The zero-order valence-electron chi connectivity index (χ0n) is 14.5. The molecule has 0 aliphatic carbocycles. The Morgan fingerprint density at radius 3 is 2.31 bits per heavy atom. The highest BCUT2D eigenvalue weighted by molar-refractivity contribution is 5.88. The van der Waals surface area contributed by atoms with Gasteiger partial charge in [-0.1, -0.05) is 30.3 Å². The zero-order valence-corrected chi connectivity index (χ0v) is 14.5. The lowest BCUT2D eigenvalue weighted by molar-refractivity contribution is 0.0599. The van der Waals surface area contributed by atoms with Crippen molar-refractivity contribution in [2.75, 3.05) is 38.2 Å². The van der Waals surface area contributed by atoms with Gasteiger partial charge in [0.25, 0.3) is 0 Å². The molecule has 26 heavy (non-hydrogen) atoms. The summed E-state index contributed by atoms with van der Waals surface area (Å²) in [6.45, 7) is 2.50. The van der Waals surface area contributed by atoms with Crippen molar-refractivity contribution in [2.45, 2.75) is 6.61 Å². The minimum Gasteiger partial charge on any atom is -0.465 e. The third kappa shape index (κ3) is 4.27. The number of rotatable bonds is 4. The fraction of sp³-hybridized carbons (Fsp3) is 0.333. The SMILES string of the molecule is COC(=O)c1cnc(N2CCN(C(=O)OCc3ccccc3)CC2)nc1. The summed E-state index contributed by atoms with van der Waals surface area (Å²) in [5, 5.41) is 0. The molecular weight excluding hydrogens is 336 g/mol. The minimum atomic E-state index is -0.470. The standard InChI is InChI=1S/C18H20N4O4/c1-25-16(23)15-11-19-17(20-12-15)21-7-9-22(10-8-21)18(24)26-13-14-5-3-2-4-6-14/h2-6,11-12H,7-10,13H2,1H3. The Morgan fingerprint density at radius 1 is 1.04 bits per heavy atom. The van der Waals surface area contributed by atoms with Crippen LogP contribution in [0.2, 0.25) is 0 Å². The summed E-state index contributed by atoms with van der Waals surface area (Å²) < 4.78 is 9.98. The summed E-state index contributed by atoms with van der Waals surface area (Å²) >= 11 is 0. The highest BCUT2D eigenvalue weighted by Gasteiger charge is 2.23. The first-order chi connectivity index (χ1) is 12.7. The van der Waals surface area contributed by atoms with Gasteiger partial charge in [-0.2, -0.15) is 0 Å². The second-order valence-corrected chi connectivity index (χ2v) is 5.78. The molecule has 0 radical (unpaired) electrons. The fourth-order valence-electron chi connectivity index (χ4n) is 2.61. The Bertz CT molecular complexity index is 744. The van der Waals surface area contributed by atoms with Crippen LogP contribution in [0.5, 0.6) is 0 Å². The normalized spacial score (nSPS) is 14.0. The Labute approximate surface area is 151 Å². The predicted molar refractivity (Wildman–Crippen MR) is 93.8 cm³/mol. The van der Waals surface area contributed by atoms with Crippen LogP contribution in [-0.4, -0.2) is 60.2 Å². The largest absolute Gasteiger partial charge is 0.465 e. The molecule has 8 nitrogen and oxygen atoms in total. The average molecular weight is 356 g/mol. The van der Waals surface area contributed by atoms with Crippen LogP contribution in [0.15, 0.2) is 42.7 Å². The number of carbonyl (C=O) groups excluding carboxylic acids is 2. The number of anilines is 1. The number of carbonyl (C=O) groups is 2. The zero-order chi connectivity index (χ0) is 18.4. The topological polar surface area (TPSA) is 84.9 Å². The number of hydrogen-bond acceptors (Lipinski definition) is 7. The van der Waals surface area contributed by atoms with Gasteiger partial charge in [0.15, 0.2) is 0 Å². The highest BCUT2D eigenvalue weighted by atomic mass is 16.6. The van der Waals surface area contributed by atoms with E-state index in [1.54, 1.807) is 4.90 Å². The molecule has 1 saturated heterocycles. The van der Waals surface area contributed by atoms with Crippen molar-refractivity contribution in [1.29, 1.82) is 0 Å². The van der Waals surface area contributed by atoms with E-state index < -0.39 is 5.97 Å². The second kappa shape index (κ2) is 8.28. The molecule has 0 saturated carbocycles. The minimum absolute atomic E-state index is 0.262. The van der Waals surface area contributed by atoms with Crippen molar-refractivity contribution in [3.05, 3.63) is 53.9 Å². The fourth-order valence-corrected chi connectivity index (χ4v) is 2.61. The van der Waals surface area contributed by atoms with E-state index in [1.807, 2.05) is 35.2 Å². The Hall–Kier alpha value is -3.16. The lowest BCUT2D eigenvalue weighted by atomic mass is 10.2. The van der Waals surface area contributed by atoms with Crippen molar-refractivity contribution >= 4 is 18.0 Å². The van der Waals surface area contributed by atoms with Gasteiger partial charge in [-0.3, -0.25) is 0 Å². The van der Waals surface area contributed by atoms with Gasteiger partial charge in [0.2, 0.25) is 5.95 Å². The second-order valence-electron chi connectivity index (χ2n) is 5.78. The first-order valence-corrected chi connectivity index (χ1v) is 8.28. The molecule has 1 amide bonds. The lowest BCUT2D eigenvalue weighted by Crippen LogP contribution is -2.49. The number of hydrogen-bond donors (Lipinski definition) is 0. The van der Waals surface area contributed by atoms with Gasteiger partial charge in [-0.25, -0.2) is 19.6 Å². The summed E-state index contributed by atoms with van der Waals surface area (Å²) in [4.78, 5) is 35.6. The molecule has 0 N–H and O–H groups in total. The molecule has 3 rings (SSSR count). The van der Waals surface area contributed by atoms with Crippen LogP contribution in [0, 0.1) is 0 Å². The predicted octanol–water partition coefficient (Wildman–Crippen LogP) is 1.72. The van der Waals surface area contributed by atoms with Crippen LogP contribution in [0.1, 0.15) is 15.9 Å². The molecule has 1 aromatic heterocycles. The van der Waals surface area contributed by atoms with Crippen LogP contribution in [0.4, 0.5) is 10.7 Å². The van der Waals surface area contributed by atoms with Gasteiger partial charge in [-0.15, -0.1) is 0 Å². The van der Waals surface area contributed by atoms with E-state index in [-0.39, 0.29) is 12.7 Å². The first-order valence-electron chi connectivity index (χ1n) is 8.28. The number of esters is 1. The van der Waals surface area contributed by atoms with Gasteiger partial charge in [0, 0.05) is 38.6 Å². The van der Waals surface area contributed by atoms with Crippen molar-refractivity contribution in [3.8, 4) is 0 Å². The molecule has 1 fully saturated rings. The number of benzene rings is 1. The molecule has 1 aromatic carbocycles. The molecule has 2 heterocycles. The number of aromatic nitrogens is 2. The summed E-state index contributed by atoms with van der Waals surface area (Å²) in [5.74, 6) is 0.0532. The molecular formula is C18H20N4O4. The van der Waals surface area contributed by atoms with Gasteiger partial charge < -0.3 is 19.3 Å². The molecule has 2 aromatic rings. The third-order valence-corrected chi connectivity index (χ3v) is 4.09. The molecule has 8 heteroatoms. The summed E-state index contributed by atoms with van der Waals surface area (Å²) in [6, 6.07) is 9.58. The smallest absolute Gasteiger partial charge is 0.410 e. The van der Waals surface area contributed by atoms with E-state index in [0.717, 1.165) is 5.56 Å². The maximum Gasteiger partial charge on any atom is 0.410 e. The third-order valence-electron chi connectivity index (χ3n) is 4.09. The molecule has 136 valence electrons. The average Bonchev–Trinajstić information content (AvgIpc) is 2.72. The maximum atomic E-state index is 12.2. The van der Waals surface area contributed by atoms with E-state index in [1.165, 1.54) is 19.5 Å². The molecule has 0 spiro atoms. The van der Waals surface area contributed by atoms with E-state index >= 15 is 0 Å². The van der Waals surface area contributed by atoms with Crippen LogP contribution in [-0.2, 0) is 16.1 Å². The molecule has 0 unspecified atom stereocenters. The van der Waals surface area contributed by atoms with E-state index in [2.05, 4.69) is 14.7 Å². The Kier molecular flexibility index (Phi) is 5.62. The van der Waals surface area contributed by atoms with Gasteiger partial charge in [0.05, 0.1) is 12.7 Å². The van der Waals surface area contributed by atoms with Crippen LogP contribution >= 0.6 is 0 Å². The summed E-state index contributed by atoms with van der Waals surface area (Å²) in [5.41, 5.74) is 1.26. The van der Waals surface area contributed by atoms with Crippen molar-refractivity contribution < 1.29 is 19.1 Å². The number of methoxy groups -OCH3 is 1. The molecule has 1 aliphatic heterocycles. The van der Waals surface area contributed by atoms with E-state index in [4.69, 9.17) is 4.74 Å². The number of ether oxygens (including phenoxy) is 2. The van der Waals surface area contributed by atoms with E-state index in [0.29, 0.717) is 37.7 Å². The maximum absolute atomic E-state index is 12.2. The van der Waals surface area contributed by atoms with Crippen LogP contribution < -0.4 is 4.90 Å². The molecule has 1 aliphatic rings. The lowest BCUT2D eigenvalue weighted by Gasteiger charge is -2.34. The van der Waals surface area contributed by atoms with Crippen LogP contribution in [0.3, 0.4) is 0 Å². The van der Waals surface area contributed by atoms with Crippen molar-refractivity contribution in [3.63, 3.8) is 0 Å². The van der Waals surface area contributed by atoms with E-state index in [9.17, 15) is 9.59 Å². The summed E-state index contributed by atoms with van der Waals surface area (Å²) in [7, 11) is 1.31. The summed E-state index contributed by atoms with van der Waals surface area (Å²) in [6.07, 6.45) is 2.55.